The van der Waals surface area contributed by atoms with Crippen LogP contribution in [0.4, 0.5) is 0 Å². The van der Waals surface area contributed by atoms with Crippen molar-refractivity contribution in [3.63, 3.8) is 0 Å². The predicted octanol–water partition coefficient (Wildman–Crippen LogP) is 5.00. The van der Waals surface area contributed by atoms with Crippen LogP contribution in [0.25, 0.3) is 10.9 Å². The molecule has 1 amide bonds. The molecule has 4 aromatic rings. The average molecular weight is 384 g/mol. The fourth-order valence-electron chi connectivity index (χ4n) is 3.36. The van der Waals surface area contributed by atoms with Crippen LogP contribution >= 0.6 is 0 Å². The Kier molecular flexibility index (Phi) is 5.91. The molecule has 1 heterocycles. The van der Waals surface area contributed by atoms with E-state index in [2.05, 4.69) is 16.4 Å². The molecule has 0 aliphatic rings. The van der Waals surface area contributed by atoms with Gasteiger partial charge >= 0.3 is 0 Å². The van der Waals surface area contributed by atoms with E-state index in [1.807, 2.05) is 79.0 Å². The molecule has 4 rings (SSSR count). The number of nitrogens with one attached hydrogen (secondary N) is 2. The molecular formula is C25H24N2O2. The number of hydrogen-bond donors (Lipinski definition) is 2. The maximum atomic E-state index is 12.3. The first-order valence-corrected chi connectivity index (χ1v) is 9.85. The van der Waals surface area contributed by atoms with Gasteiger partial charge in [0, 0.05) is 30.1 Å². The second kappa shape index (κ2) is 9.11. The number of hydrogen-bond acceptors (Lipinski definition) is 2. The zero-order valence-corrected chi connectivity index (χ0v) is 16.2. The molecule has 0 atom stereocenters. The van der Waals surface area contributed by atoms with E-state index in [0.717, 1.165) is 28.8 Å². The second-order valence-corrected chi connectivity index (χ2v) is 7.06. The van der Waals surface area contributed by atoms with Gasteiger partial charge in [0.15, 0.2) is 0 Å². The smallest absolute Gasteiger partial charge is 0.220 e. The predicted molar refractivity (Wildman–Crippen MR) is 116 cm³/mol. The van der Waals surface area contributed by atoms with Crippen LogP contribution < -0.4 is 10.1 Å². The molecule has 3 aromatic carbocycles. The molecule has 2 N–H and O–H groups in total. The monoisotopic (exact) mass is 384 g/mol. The van der Waals surface area contributed by atoms with Gasteiger partial charge in [-0.15, -0.1) is 0 Å². The van der Waals surface area contributed by atoms with Gasteiger partial charge in [0.2, 0.25) is 5.91 Å². The minimum atomic E-state index is 0.0471. The van der Waals surface area contributed by atoms with Crippen LogP contribution in [0.2, 0.25) is 0 Å². The van der Waals surface area contributed by atoms with Crippen molar-refractivity contribution in [1.29, 1.82) is 0 Å². The summed E-state index contributed by atoms with van der Waals surface area (Å²) in [5.41, 5.74) is 4.43. The van der Waals surface area contributed by atoms with Crippen molar-refractivity contribution in [3.05, 3.63) is 102 Å². The molecule has 1 aromatic heterocycles. The molecule has 0 aliphatic carbocycles. The number of rotatable bonds is 8. The van der Waals surface area contributed by atoms with Crippen LogP contribution in [0.15, 0.2) is 85.1 Å². The van der Waals surface area contributed by atoms with Crippen molar-refractivity contribution < 1.29 is 9.53 Å². The zero-order chi connectivity index (χ0) is 19.9. The summed E-state index contributed by atoms with van der Waals surface area (Å²) in [5.74, 6) is 0.852. The van der Waals surface area contributed by atoms with Crippen molar-refractivity contribution in [2.45, 2.75) is 26.0 Å². The molecule has 0 fully saturated rings. The van der Waals surface area contributed by atoms with Gasteiger partial charge in [-0.1, -0.05) is 60.7 Å². The maximum Gasteiger partial charge on any atom is 0.220 e. The number of fused-ring (bicyclic) bond motifs is 1. The first-order chi connectivity index (χ1) is 14.3. The minimum absolute atomic E-state index is 0.0471. The Morgan fingerprint density at radius 1 is 0.897 bits per heavy atom. The number of ether oxygens (including phenoxy) is 1. The Morgan fingerprint density at radius 3 is 2.59 bits per heavy atom. The van der Waals surface area contributed by atoms with Gasteiger partial charge in [-0.05, 0) is 41.3 Å². The summed E-state index contributed by atoms with van der Waals surface area (Å²) >= 11 is 0. The number of aromatic nitrogens is 1. The molecular weight excluding hydrogens is 360 g/mol. The summed E-state index contributed by atoms with van der Waals surface area (Å²) in [6.07, 6.45) is 3.17. The molecule has 0 saturated heterocycles. The van der Waals surface area contributed by atoms with Gasteiger partial charge in [-0.2, -0.15) is 0 Å². The average Bonchev–Trinajstić information content (AvgIpc) is 3.19. The summed E-state index contributed by atoms with van der Waals surface area (Å²) in [6.45, 7) is 1.02. The third-order valence-corrected chi connectivity index (χ3v) is 4.93. The Labute approximate surface area is 170 Å². The standard InChI is InChI=1S/C25H24N2O2/c28-25(14-13-21-17-26-24-12-5-4-11-23(21)24)27-16-20-9-6-10-22(15-20)29-18-19-7-2-1-3-8-19/h1-12,15,17,26H,13-14,16,18H2,(H,27,28). The summed E-state index contributed by atoms with van der Waals surface area (Å²) in [7, 11) is 0. The van der Waals surface area contributed by atoms with Crippen molar-refractivity contribution in [3.8, 4) is 5.75 Å². The van der Waals surface area contributed by atoms with Gasteiger partial charge in [0.25, 0.3) is 0 Å². The Morgan fingerprint density at radius 2 is 1.69 bits per heavy atom. The zero-order valence-electron chi connectivity index (χ0n) is 16.2. The fourth-order valence-corrected chi connectivity index (χ4v) is 3.36. The molecule has 0 unspecified atom stereocenters. The van der Waals surface area contributed by atoms with Crippen molar-refractivity contribution in [1.82, 2.24) is 10.3 Å². The molecule has 0 bridgehead atoms. The molecule has 4 nitrogen and oxygen atoms in total. The lowest BCUT2D eigenvalue weighted by molar-refractivity contribution is -0.121. The van der Waals surface area contributed by atoms with Crippen molar-refractivity contribution in [2.24, 2.45) is 0 Å². The number of carbonyl (C=O) groups excluding carboxylic acids is 1. The quantitative estimate of drug-likeness (QED) is 0.449. The van der Waals surface area contributed by atoms with Crippen molar-refractivity contribution in [2.75, 3.05) is 0 Å². The lowest BCUT2D eigenvalue weighted by Gasteiger charge is -2.09. The third-order valence-electron chi connectivity index (χ3n) is 4.93. The van der Waals surface area contributed by atoms with Crippen LogP contribution in [0.3, 0.4) is 0 Å². The first kappa shape index (κ1) is 18.8. The lowest BCUT2D eigenvalue weighted by Crippen LogP contribution is -2.22. The van der Waals surface area contributed by atoms with Crippen LogP contribution in [-0.4, -0.2) is 10.9 Å². The largest absolute Gasteiger partial charge is 0.489 e. The number of H-pyrrole nitrogens is 1. The van der Waals surface area contributed by atoms with Gasteiger partial charge in [-0.25, -0.2) is 0 Å². The summed E-state index contributed by atoms with van der Waals surface area (Å²) in [5, 5.41) is 4.19. The Balaban J connectivity index is 1.26. The lowest BCUT2D eigenvalue weighted by atomic mass is 10.1. The third kappa shape index (κ3) is 5.05. The summed E-state index contributed by atoms with van der Waals surface area (Å²) in [6, 6.07) is 26.1. The molecule has 4 heteroatoms. The van der Waals surface area contributed by atoms with E-state index >= 15 is 0 Å². The normalized spacial score (nSPS) is 10.8. The van der Waals surface area contributed by atoms with E-state index < -0.39 is 0 Å². The van der Waals surface area contributed by atoms with Crippen LogP contribution in [0, 0.1) is 0 Å². The van der Waals surface area contributed by atoms with Crippen LogP contribution in [0.5, 0.6) is 5.75 Å². The number of para-hydroxylation sites is 1. The van der Waals surface area contributed by atoms with E-state index in [1.54, 1.807) is 0 Å². The molecule has 29 heavy (non-hydrogen) atoms. The number of carbonyl (C=O) groups is 1. The molecule has 0 spiro atoms. The molecule has 0 aliphatic heterocycles. The molecule has 0 radical (unpaired) electrons. The Bertz CT molecular complexity index is 1090. The number of amides is 1. The number of aryl methyl sites for hydroxylation is 1. The highest BCUT2D eigenvalue weighted by molar-refractivity contribution is 5.84. The van der Waals surface area contributed by atoms with E-state index in [1.165, 1.54) is 10.9 Å². The van der Waals surface area contributed by atoms with Gasteiger partial charge in [-0.3, -0.25) is 4.79 Å². The minimum Gasteiger partial charge on any atom is -0.489 e. The fraction of sp³-hybridized carbons (Fsp3) is 0.160. The number of aromatic amines is 1. The highest BCUT2D eigenvalue weighted by atomic mass is 16.5. The van der Waals surface area contributed by atoms with Gasteiger partial charge in [0.05, 0.1) is 0 Å². The summed E-state index contributed by atoms with van der Waals surface area (Å²) in [4.78, 5) is 15.5. The molecule has 146 valence electrons. The summed E-state index contributed by atoms with van der Waals surface area (Å²) < 4.78 is 5.86. The van der Waals surface area contributed by atoms with E-state index in [-0.39, 0.29) is 5.91 Å². The first-order valence-electron chi connectivity index (χ1n) is 9.85. The topological polar surface area (TPSA) is 54.1 Å². The van der Waals surface area contributed by atoms with E-state index in [4.69, 9.17) is 4.74 Å². The number of benzene rings is 3. The molecule has 0 saturated carbocycles. The van der Waals surface area contributed by atoms with E-state index in [0.29, 0.717) is 19.6 Å². The SMILES string of the molecule is O=C(CCc1c[nH]c2ccccc12)NCc1cccc(OCc2ccccc2)c1. The highest BCUT2D eigenvalue weighted by Crippen LogP contribution is 2.19. The van der Waals surface area contributed by atoms with Crippen molar-refractivity contribution >= 4 is 16.8 Å². The highest BCUT2D eigenvalue weighted by Gasteiger charge is 2.07. The van der Waals surface area contributed by atoms with Crippen LogP contribution in [-0.2, 0) is 24.4 Å². The van der Waals surface area contributed by atoms with Crippen LogP contribution in [0.1, 0.15) is 23.1 Å². The van der Waals surface area contributed by atoms with Gasteiger partial charge in [0.1, 0.15) is 12.4 Å². The van der Waals surface area contributed by atoms with Gasteiger partial charge < -0.3 is 15.0 Å². The Hall–Kier alpha value is -3.53. The van der Waals surface area contributed by atoms with E-state index in [9.17, 15) is 4.79 Å². The second-order valence-electron chi connectivity index (χ2n) is 7.06. The maximum absolute atomic E-state index is 12.3.